The standard InChI is InChI=1S/C8H11BrN2/c1-6-2-3-8(11-5-10)7(9)4-6/h2-4,11H,5,10H2,1H3. The molecule has 0 radical (unpaired) electrons. The normalized spacial score (nSPS) is 9.73. The Labute approximate surface area is 74.9 Å². The van der Waals surface area contributed by atoms with Gasteiger partial charge in [-0.05, 0) is 40.5 Å². The van der Waals surface area contributed by atoms with E-state index in [2.05, 4.69) is 34.2 Å². The molecule has 0 saturated carbocycles. The lowest BCUT2D eigenvalue weighted by molar-refractivity contribution is 1.14. The van der Waals surface area contributed by atoms with Crippen LogP contribution in [0.5, 0.6) is 0 Å². The van der Waals surface area contributed by atoms with Crippen LogP contribution < -0.4 is 11.1 Å². The molecule has 1 aromatic carbocycles. The van der Waals surface area contributed by atoms with Crippen molar-refractivity contribution in [3.05, 3.63) is 28.2 Å². The molecule has 0 spiro atoms. The number of halogens is 1. The van der Waals surface area contributed by atoms with Gasteiger partial charge in [0, 0.05) is 10.2 Å². The van der Waals surface area contributed by atoms with E-state index in [9.17, 15) is 0 Å². The molecule has 3 heteroatoms. The number of aryl methyl sites for hydroxylation is 1. The summed E-state index contributed by atoms with van der Waals surface area (Å²) in [7, 11) is 0. The zero-order valence-electron chi connectivity index (χ0n) is 6.39. The van der Waals surface area contributed by atoms with Crippen LogP contribution in [0.2, 0.25) is 0 Å². The van der Waals surface area contributed by atoms with E-state index in [0.29, 0.717) is 6.67 Å². The lowest BCUT2D eigenvalue weighted by atomic mass is 10.2. The molecule has 0 aliphatic carbocycles. The number of hydrogen-bond acceptors (Lipinski definition) is 2. The molecular formula is C8H11BrN2. The SMILES string of the molecule is Cc1ccc(NCN)c(Br)c1. The Balaban J connectivity index is 2.90. The third-order valence-electron chi connectivity index (χ3n) is 1.42. The van der Waals surface area contributed by atoms with E-state index in [-0.39, 0.29) is 0 Å². The fourth-order valence-electron chi connectivity index (χ4n) is 0.873. The fourth-order valence-corrected chi connectivity index (χ4v) is 1.51. The number of nitrogens with two attached hydrogens (primary N) is 1. The van der Waals surface area contributed by atoms with Crippen molar-refractivity contribution in [2.45, 2.75) is 6.92 Å². The van der Waals surface area contributed by atoms with E-state index in [1.165, 1.54) is 5.56 Å². The van der Waals surface area contributed by atoms with Crippen LogP contribution in [0.3, 0.4) is 0 Å². The molecule has 0 bridgehead atoms. The van der Waals surface area contributed by atoms with E-state index in [4.69, 9.17) is 5.73 Å². The van der Waals surface area contributed by atoms with Crippen LogP contribution >= 0.6 is 15.9 Å². The molecule has 60 valence electrons. The smallest absolute Gasteiger partial charge is 0.0628 e. The van der Waals surface area contributed by atoms with Gasteiger partial charge < -0.3 is 11.1 Å². The molecule has 0 saturated heterocycles. The first-order valence-electron chi connectivity index (χ1n) is 3.44. The summed E-state index contributed by atoms with van der Waals surface area (Å²) in [5.41, 5.74) is 7.61. The topological polar surface area (TPSA) is 38.0 Å². The summed E-state index contributed by atoms with van der Waals surface area (Å²) in [5, 5.41) is 3.03. The minimum atomic E-state index is 0.460. The number of rotatable bonds is 2. The van der Waals surface area contributed by atoms with Gasteiger partial charge in [0.2, 0.25) is 0 Å². The van der Waals surface area contributed by atoms with Crippen LogP contribution in [-0.2, 0) is 0 Å². The summed E-state index contributed by atoms with van der Waals surface area (Å²) in [4.78, 5) is 0. The van der Waals surface area contributed by atoms with E-state index in [1.54, 1.807) is 0 Å². The maximum absolute atomic E-state index is 5.34. The van der Waals surface area contributed by atoms with Gasteiger partial charge in [0.25, 0.3) is 0 Å². The Bertz CT molecular complexity index is 248. The number of anilines is 1. The first-order chi connectivity index (χ1) is 5.24. The lowest BCUT2D eigenvalue weighted by Crippen LogP contribution is -2.10. The van der Waals surface area contributed by atoms with Crippen LogP contribution in [0.25, 0.3) is 0 Å². The van der Waals surface area contributed by atoms with Crippen molar-refractivity contribution in [3.8, 4) is 0 Å². The molecule has 3 N–H and O–H groups in total. The van der Waals surface area contributed by atoms with Gasteiger partial charge in [-0.3, -0.25) is 0 Å². The molecule has 2 nitrogen and oxygen atoms in total. The van der Waals surface area contributed by atoms with Crippen LogP contribution in [0, 0.1) is 6.92 Å². The average Bonchev–Trinajstić information content (AvgIpc) is 1.95. The third kappa shape index (κ3) is 2.20. The zero-order chi connectivity index (χ0) is 8.27. The molecule has 1 aromatic rings. The Hall–Kier alpha value is -0.540. The van der Waals surface area contributed by atoms with Crippen LogP contribution in [-0.4, -0.2) is 6.67 Å². The molecule has 1 rings (SSSR count). The Morgan fingerprint density at radius 3 is 2.82 bits per heavy atom. The van der Waals surface area contributed by atoms with Gasteiger partial charge in [0.05, 0.1) is 6.67 Å². The van der Waals surface area contributed by atoms with Gasteiger partial charge in [-0.1, -0.05) is 6.07 Å². The summed E-state index contributed by atoms with van der Waals surface area (Å²) < 4.78 is 1.06. The minimum absolute atomic E-state index is 0.460. The predicted molar refractivity (Wildman–Crippen MR) is 51.6 cm³/mol. The third-order valence-corrected chi connectivity index (χ3v) is 2.07. The highest BCUT2D eigenvalue weighted by Crippen LogP contribution is 2.22. The molecule has 0 aromatic heterocycles. The highest BCUT2D eigenvalue weighted by atomic mass is 79.9. The van der Waals surface area contributed by atoms with E-state index < -0.39 is 0 Å². The van der Waals surface area contributed by atoms with E-state index >= 15 is 0 Å². The highest BCUT2D eigenvalue weighted by Gasteiger charge is 1.96. The lowest BCUT2D eigenvalue weighted by Gasteiger charge is -2.05. The summed E-state index contributed by atoms with van der Waals surface area (Å²) >= 11 is 3.43. The number of benzene rings is 1. The molecule has 0 aliphatic rings. The Kier molecular flexibility index (Phi) is 2.91. The van der Waals surface area contributed by atoms with Gasteiger partial charge in [0.1, 0.15) is 0 Å². The second-order valence-electron chi connectivity index (χ2n) is 2.36. The van der Waals surface area contributed by atoms with Crippen molar-refractivity contribution in [3.63, 3.8) is 0 Å². The minimum Gasteiger partial charge on any atom is -0.372 e. The number of hydrogen-bond donors (Lipinski definition) is 2. The molecule has 0 unspecified atom stereocenters. The maximum atomic E-state index is 5.34. The van der Waals surface area contributed by atoms with Gasteiger partial charge in [-0.25, -0.2) is 0 Å². The van der Waals surface area contributed by atoms with Crippen LogP contribution in [0.1, 0.15) is 5.56 Å². The monoisotopic (exact) mass is 214 g/mol. The second-order valence-corrected chi connectivity index (χ2v) is 3.22. The maximum Gasteiger partial charge on any atom is 0.0628 e. The largest absolute Gasteiger partial charge is 0.372 e. The first kappa shape index (κ1) is 8.56. The van der Waals surface area contributed by atoms with Crippen molar-refractivity contribution in [1.82, 2.24) is 0 Å². The fraction of sp³-hybridized carbons (Fsp3) is 0.250. The first-order valence-corrected chi connectivity index (χ1v) is 4.23. The van der Waals surface area contributed by atoms with Crippen molar-refractivity contribution in [2.24, 2.45) is 5.73 Å². The molecule has 0 heterocycles. The van der Waals surface area contributed by atoms with E-state index in [1.807, 2.05) is 12.1 Å². The molecule has 11 heavy (non-hydrogen) atoms. The molecular weight excluding hydrogens is 204 g/mol. The van der Waals surface area contributed by atoms with Crippen molar-refractivity contribution < 1.29 is 0 Å². The summed E-state index contributed by atoms with van der Waals surface area (Å²) in [6, 6.07) is 6.10. The van der Waals surface area contributed by atoms with Gasteiger partial charge in [-0.15, -0.1) is 0 Å². The number of nitrogens with one attached hydrogen (secondary N) is 1. The van der Waals surface area contributed by atoms with Gasteiger partial charge in [-0.2, -0.15) is 0 Å². The van der Waals surface area contributed by atoms with Crippen molar-refractivity contribution >= 4 is 21.6 Å². The summed E-state index contributed by atoms with van der Waals surface area (Å²) in [6.07, 6.45) is 0. The van der Waals surface area contributed by atoms with Crippen LogP contribution in [0.15, 0.2) is 22.7 Å². The molecule has 0 amide bonds. The predicted octanol–water partition coefficient (Wildman–Crippen LogP) is 2.09. The summed E-state index contributed by atoms with van der Waals surface area (Å²) in [5.74, 6) is 0. The van der Waals surface area contributed by atoms with Gasteiger partial charge >= 0.3 is 0 Å². The average molecular weight is 215 g/mol. The van der Waals surface area contributed by atoms with Crippen molar-refractivity contribution in [1.29, 1.82) is 0 Å². The Morgan fingerprint density at radius 1 is 1.55 bits per heavy atom. The van der Waals surface area contributed by atoms with E-state index in [0.717, 1.165) is 10.2 Å². The van der Waals surface area contributed by atoms with Gasteiger partial charge in [0.15, 0.2) is 0 Å². The zero-order valence-corrected chi connectivity index (χ0v) is 7.98. The molecule has 0 fully saturated rings. The van der Waals surface area contributed by atoms with Crippen LogP contribution in [0.4, 0.5) is 5.69 Å². The summed E-state index contributed by atoms with van der Waals surface area (Å²) in [6.45, 7) is 2.51. The highest BCUT2D eigenvalue weighted by molar-refractivity contribution is 9.10. The Morgan fingerprint density at radius 2 is 2.27 bits per heavy atom. The molecule has 0 aliphatic heterocycles. The second kappa shape index (κ2) is 3.74. The van der Waals surface area contributed by atoms with Crippen molar-refractivity contribution in [2.75, 3.05) is 12.0 Å². The quantitative estimate of drug-likeness (QED) is 0.741. The molecule has 0 atom stereocenters.